The number of nitrogens with zero attached hydrogens (tertiary/aromatic N) is 1. The van der Waals surface area contributed by atoms with Crippen molar-refractivity contribution in [2.24, 2.45) is 11.8 Å². The number of rotatable bonds is 1. The largest absolute Gasteiger partial charge is 0.274 e. The van der Waals surface area contributed by atoms with E-state index in [1.165, 1.54) is 4.90 Å². The van der Waals surface area contributed by atoms with E-state index in [4.69, 9.17) is 0 Å². The zero-order valence-electron chi connectivity index (χ0n) is 11.1. The molecule has 0 N–H and O–H groups in total. The van der Waals surface area contributed by atoms with E-state index >= 15 is 0 Å². The molecule has 0 bridgehead atoms. The fourth-order valence-corrected chi connectivity index (χ4v) is 4.28. The zero-order chi connectivity index (χ0) is 14.4. The number of imide groups is 1. The van der Waals surface area contributed by atoms with Crippen LogP contribution in [0.5, 0.6) is 0 Å². The maximum Gasteiger partial charge on any atom is 0.237 e. The second kappa shape index (κ2) is 5.26. The lowest BCUT2D eigenvalue weighted by atomic mass is 9.81. The van der Waals surface area contributed by atoms with E-state index in [1.807, 2.05) is 31.2 Å². The van der Waals surface area contributed by atoms with E-state index in [9.17, 15) is 9.59 Å². The maximum atomic E-state index is 12.6. The molecule has 0 spiro atoms. The minimum absolute atomic E-state index is 0.0484. The first-order valence-electron chi connectivity index (χ1n) is 6.71. The summed E-state index contributed by atoms with van der Waals surface area (Å²) in [5.41, 5.74) is 1.81. The van der Waals surface area contributed by atoms with Gasteiger partial charge in [0.05, 0.1) is 17.5 Å². The quantitative estimate of drug-likeness (QED) is 0.535. The summed E-state index contributed by atoms with van der Waals surface area (Å²) >= 11 is 7.19. The standard InChI is InChI=1S/C15H15Br2NO2/c1-8-2-4-9(5-3-8)18-14(19)10-6-12(16)13(17)7-11(10)15(18)20/h2-5,10-13H,6-7H2,1H3/t10-,11-,12+,13+/m1/s1. The average molecular weight is 401 g/mol. The Morgan fingerprint density at radius 2 is 1.40 bits per heavy atom. The number of halogens is 2. The van der Waals surface area contributed by atoms with Crippen molar-refractivity contribution in [1.29, 1.82) is 0 Å². The van der Waals surface area contributed by atoms with Gasteiger partial charge in [-0.05, 0) is 31.9 Å². The van der Waals surface area contributed by atoms with Gasteiger partial charge in [0, 0.05) is 9.65 Å². The number of carbonyl (C=O) groups is 2. The molecule has 1 aliphatic carbocycles. The minimum Gasteiger partial charge on any atom is -0.274 e. The highest BCUT2D eigenvalue weighted by Crippen LogP contribution is 2.44. The van der Waals surface area contributed by atoms with Gasteiger partial charge in [-0.1, -0.05) is 49.6 Å². The zero-order valence-corrected chi connectivity index (χ0v) is 14.2. The molecule has 0 aromatic heterocycles. The number of hydrogen-bond donors (Lipinski definition) is 0. The predicted molar refractivity (Wildman–Crippen MR) is 85.3 cm³/mol. The van der Waals surface area contributed by atoms with E-state index < -0.39 is 0 Å². The summed E-state index contributed by atoms with van der Waals surface area (Å²) in [6, 6.07) is 7.55. The SMILES string of the molecule is Cc1ccc(N2C(=O)[C@@H]3C[C@H](Br)[C@@H](Br)C[C@H]3C2=O)cc1. The summed E-state index contributed by atoms with van der Waals surface area (Å²) in [5.74, 6) is -0.454. The van der Waals surface area contributed by atoms with Crippen LogP contribution in [0, 0.1) is 18.8 Å². The van der Waals surface area contributed by atoms with Crippen LogP contribution in [-0.4, -0.2) is 21.5 Å². The number of hydrogen-bond acceptors (Lipinski definition) is 2. The Hall–Kier alpha value is -0.680. The molecular formula is C15H15Br2NO2. The normalized spacial score (nSPS) is 33.5. The van der Waals surface area contributed by atoms with Crippen molar-refractivity contribution in [1.82, 2.24) is 0 Å². The number of fused-ring (bicyclic) bond motifs is 1. The molecule has 5 heteroatoms. The van der Waals surface area contributed by atoms with Gasteiger partial charge in [0.25, 0.3) is 0 Å². The highest BCUT2D eigenvalue weighted by atomic mass is 79.9. The third-order valence-corrected chi connectivity index (χ3v) is 6.94. The van der Waals surface area contributed by atoms with Crippen LogP contribution in [-0.2, 0) is 9.59 Å². The van der Waals surface area contributed by atoms with Crippen LogP contribution in [0.4, 0.5) is 5.69 Å². The molecule has 2 fully saturated rings. The van der Waals surface area contributed by atoms with Crippen molar-refractivity contribution in [2.75, 3.05) is 4.90 Å². The number of aryl methyl sites for hydroxylation is 1. The van der Waals surface area contributed by atoms with Gasteiger partial charge in [-0.25, -0.2) is 0 Å². The molecule has 3 rings (SSSR count). The van der Waals surface area contributed by atoms with Crippen molar-refractivity contribution in [3.8, 4) is 0 Å². The van der Waals surface area contributed by atoms with Gasteiger partial charge in [0.2, 0.25) is 11.8 Å². The fourth-order valence-electron chi connectivity index (χ4n) is 3.04. The van der Waals surface area contributed by atoms with Crippen LogP contribution in [0.15, 0.2) is 24.3 Å². The van der Waals surface area contributed by atoms with E-state index in [1.54, 1.807) is 0 Å². The Balaban J connectivity index is 1.93. The van der Waals surface area contributed by atoms with Crippen molar-refractivity contribution in [3.05, 3.63) is 29.8 Å². The molecule has 4 atom stereocenters. The molecule has 20 heavy (non-hydrogen) atoms. The minimum atomic E-state index is -0.179. The van der Waals surface area contributed by atoms with Crippen LogP contribution >= 0.6 is 31.9 Å². The smallest absolute Gasteiger partial charge is 0.237 e. The third-order valence-electron chi connectivity index (χ3n) is 4.20. The molecule has 1 aliphatic heterocycles. The molecule has 0 radical (unpaired) electrons. The molecule has 1 saturated carbocycles. The monoisotopic (exact) mass is 399 g/mol. The number of benzene rings is 1. The predicted octanol–water partition coefficient (Wildman–Crippen LogP) is 3.42. The van der Waals surface area contributed by atoms with Crippen LogP contribution < -0.4 is 4.90 Å². The molecule has 1 saturated heterocycles. The van der Waals surface area contributed by atoms with E-state index in [2.05, 4.69) is 31.9 Å². The molecular weight excluding hydrogens is 386 g/mol. The Morgan fingerprint density at radius 3 is 1.85 bits per heavy atom. The van der Waals surface area contributed by atoms with Crippen molar-refractivity contribution >= 4 is 49.4 Å². The van der Waals surface area contributed by atoms with Crippen LogP contribution in [0.2, 0.25) is 0 Å². The summed E-state index contributed by atoms with van der Waals surface area (Å²) in [6.45, 7) is 1.99. The van der Waals surface area contributed by atoms with Gasteiger partial charge in [-0.2, -0.15) is 0 Å². The molecule has 106 valence electrons. The Morgan fingerprint density at radius 1 is 0.950 bits per heavy atom. The lowest BCUT2D eigenvalue weighted by Gasteiger charge is -2.29. The number of carbonyl (C=O) groups excluding carboxylic acids is 2. The van der Waals surface area contributed by atoms with Crippen LogP contribution in [0.3, 0.4) is 0 Å². The Bertz CT molecular complexity index is 529. The van der Waals surface area contributed by atoms with Gasteiger partial charge in [-0.15, -0.1) is 0 Å². The fraction of sp³-hybridized carbons (Fsp3) is 0.467. The van der Waals surface area contributed by atoms with Crippen molar-refractivity contribution < 1.29 is 9.59 Å². The average Bonchev–Trinajstić information content (AvgIpc) is 2.65. The lowest BCUT2D eigenvalue weighted by molar-refractivity contribution is -0.122. The number of amides is 2. The summed E-state index contributed by atoms with van der Waals surface area (Å²) < 4.78 is 0. The van der Waals surface area contributed by atoms with Gasteiger partial charge in [0.1, 0.15) is 0 Å². The molecule has 1 heterocycles. The van der Waals surface area contributed by atoms with Gasteiger partial charge in [0.15, 0.2) is 0 Å². The summed E-state index contributed by atoms with van der Waals surface area (Å²) in [6.07, 6.45) is 1.43. The topological polar surface area (TPSA) is 37.4 Å². The van der Waals surface area contributed by atoms with Gasteiger partial charge >= 0.3 is 0 Å². The highest BCUT2D eigenvalue weighted by molar-refractivity contribution is 9.12. The second-order valence-electron chi connectivity index (χ2n) is 5.56. The summed E-state index contributed by atoms with van der Waals surface area (Å²) in [7, 11) is 0. The molecule has 1 aromatic rings. The molecule has 1 aromatic carbocycles. The Kier molecular flexibility index (Phi) is 3.75. The van der Waals surface area contributed by atoms with E-state index in [-0.39, 0.29) is 33.3 Å². The molecule has 2 amide bonds. The summed E-state index contributed by atoms with van der Waals surface area (Å²) in [4.78, 5) is 27.0. The first-order chi connectivity index (χ1) is 9.49. The van der Waals surface area contributed by atoms with Crippen LogP contribution in [0.1, 0.15) is 18.4 Å². The molecule has 3 nitrogen and oxygen atoms in total. The van der Waals surface area contributed by atoms with Gasteiger partial charge in [-0.3, -0.25) is 14.5 Å². The van der Waals surface area contributed by atoms with Crippen molar-refractivity contribution in [2.45, 2.75) is 29.4 Å². The van der Waals surface area contributed by atoms with E-state index in [0.717, 1.165) is 5.56 Å². The second-order valence-corrected chi connectivity index (χ2v) is 7.92. The van der Waals surface area contributed by atoms with E-state index in [0.29, 0.717) is 18.5 Å². The highest BCUT2D eigenvalue weighted by Gasteiger charge is 2.52. The summed E-state index contributed by atoms with van der Waals surface area (Å²) in [5, 5.41) is 0. The van der Waals surface area contributed by atoms with Gasteiger partial charge < -0.3 is 0 Å². The lowest BCUT2D eigenvalue weighted by Crippen LogP contribution is -2.34. The molecule has 2 aliphatic rings. The number of anilines is 1. The van der Waals surface area contributed by atoms with Crippen molar-refractivity contribution in [3.63, 3.8) is 0 Å². The number of alkyl halides is 2. The first-order valence-corrected chi connectivity index (χ1v) is 8.55. The third kappa shape index (κ3) is 2.25. The first kappa shape index (κ1) is 14.3. The Labute approximate surface area is 135 Å². The van der Waals surface area contributed by atoms with Crippen LogP contribution in [0.25, 0.3) is 0 Å². The maximum absolute atomic E-state index is 12.6. The molecule has 0 unspecified atom stereocenters.